The standard InChI is InChI=1S/C25H33NO4/c1-14-19(15(2)30-26-14)11-17-10-16(6-7-21(17)28-5)22-20-12-18-13-25(20,8-9-29-22)23(27)24(18,3)4/h6-7,10,18,20,22-23,27H,8-9,11-13H2,1-5H3/t18-,20-,22-,23-,25-/m1/s1. The predicted octanol–water partition coefficient (Wildman–Crippen LogP) is 4.77. The van der Waals surface area contributed by atoms with E-state index >= 15 is 0 Å². The highest BCUT2D eigenvalue weighted by Gasteiger charge is 2.68. The van der Waals surface area contributed by atoms with Crippen molar-refractivity contribution >= 4 is 0 Å². The number of aromatic nitrogens is 1. The van der Waals surface area contributed by atoms with E-state index in [0.29, 0.717) is 18.4 Å². The van der Waals surface area contributed by atoms with Crippen molar-refractivity contribution in [3.63, 3.8) is 0 Å². The number of methoxy groups -OCH3 is 1. The molecule has 1 aliphatic heterocycles. The third kappa shape index (κ3) is 2.71. The monoisotopic (exact) mass is 411 g/mol. The van der Waals surface area contributed by atoms with Gasteiger partial charge < -0.3 is 19.1 Å². The first-order chi connectivity index (χ1) is 14.3. The number of fused-ring (bicyclic) bond motifs is 1. The molecule has 162 valence electrons. The maximum Gasteiger partial charge on any atom is 0.137 e. The second-order valence-electron chi connectivity index (χ2n) is 10.3. The van der Waals surface area contributed by atoms with Crippen molar-refractivity contribution in [2.24, 2.45) is 22.7 Å². The Morgan fingerprint density at radius 2 is 2.07 bits per heavy atom. The minimum Gasteiger partial charge on any atom is -0.496 e. The number of aliphatic hydroxyl groups is 1. The van der Waals surface area contributed by atoms with Crippen LogP contribution in [0.4, 0.5) is 0 Å². The van der Waals surface area contributed by atoms with Gasteiger partial charge in [-0.25, -0.2) is 0 Å². The van der Waals surface area contributed by atoms with Gasteiger partial charge in [-0.15, -0.1) is 0 Å². The zero-order valence-electron chi connectivity index (χ0n) is 18.7. The summed E-state index contributed by atoms with van der Waals surface area (Å²) in [6, 6.07) is 6.43. The average Bonchev–Trinajstić information content (AvgIpc) is 3.34. The minimum absolute atomic E-state index is 0.00116. The van der Waals surface area contributed by atoms with Crippen LogP contribution in [-0.4, -0.2) is 30.1 Å². The largest absolute Gasteiger partial charge is 0.496 e. The number of ether oxygens (including phenoxy) is 2. The predicted molar refractivity (Wildman–Crippen MR) is 114 cm³/mol. The lowest BCUT2D eigenvalue weighted by atomic mass is 9.60. The van der Waals surface area contributed by atoms with Crippen LogP contribution in [0.15, 0.2) is 22.7 Å². The lowest BCUT2D eigenvalue weighted by Crippen LogP contribution is -2.51. The summed E-state index contributed by atoms with van der Waals surface area (Å²) < 4.78 is 17.4. The van der Waals surface area contributed by atoms with Crippen LogP contribution in [0.25, 0.3) is 0 Å². The first kappa shape index (κ1) is 20.1. The Morgan fingerprint density at radius 3 is 2.73 bits per heavy atom. The van der Waals surface area contributed by atoms with Crippen LogP contribution in [0.5, 0.6) is 5.75 Å². The molecule has 0 radical (unpaired) electrons. The fourth-order valence-corrected chi connectivity index (χ4v) is 6.81. The molecule has 1 spiro atoms. The molecule has 2 aromatic rings. The molecule has 5 atom stereocenters. The first-order valence-corrected chi connectivity index (χ1v) is 11.2. The molecular weight excluding hydrogens is 378 g/mol. The fourth-order valence-electron chi connectivity index (χ4n) is 6.81. The smallest absolute Gasteiger partial charge is 0.137 e. The Morgan fingerprint density at radius 1 is 1.27 bits per heavy atom. The second-order valence-corrected chi connectivity index (χ2v) is 10.3. The van der Waals surface area contributed by atoms with Gasteiger partial charge in [-0.1, -0.05) is 25.1 Å². The van der Waals surface area contributed by atoms with Gasteiger partial charge in [-0.05, 0) is 73.6 Å². The van der Waals surface area contributed by atoms with Crippen LogP contribution in [0.3, 0.4) is 0 Å². The molecular formula is C25H33NO4. The first-order valence-electron chi connectivity index (χ1n) is 11.2. The van der Waals surface area contributed by atoms with Gasteiger partial charge in [0.2, 0.25) is 0 Å². The second kappa shape index (κ2) is 6.83. The van der Waals surface area contributed by atoms with E-state index in [1.807, 2.05) is 13.8 Å². The Bertz CT molecular complexity index is 945. The average molecular weight is 412 g/mol. The molecule has 1 N–H and O–H groups in total. The molecule has 5 rings (SSSR count). The Hall–Kier alpha value is -1.85. The normalized spacial score (nSPS) is 34.2. The topological polar surface area (TPSA) is 64.7 Å². The summed E-state index contributed by atoms with van der Waals surface area (Å²) in [6.45, 7) is 9.14. The molecule has 1 aromatic carbocycles. The number of aryl methyl sites for hydroxylation is 2. The lowest BCUT2D eigenvalue weighted by Gasteiger charge is -2.51. The summed E-state index contributed by atoms with van der Waals surface area (Å²) in [5, 5.41) is 15.4. The van der Waals surface area contributed by atoms with Crippen molar-refractivity contribution in [3.05, 3.63) is 46.3 Å². The van der Waals surface area contributed by atoms with E-state index in [0.717, 1.165) is 54.0 Å². The molecule has 1 saturated heterocycles. The quantitative estimate of drug-likeness (QED) is 0.785. The number of rotatable bonds is 4. The molecule has 1 aromatic heterocycles. The molecule has 5 heteroatoms. The highest BCUT2D eigenvalue weighted by Crippen LogP contribution is 2.70. The van der Waals surface area contributed by atoms with Gasteiger partial charge in [0.25, 0.3) is 0 Å². The number of hydrogen-bond donors (Lipinski definition) is 1. The molecule has 2 saturated carbocycles. The van der Waals surface area contributed by atoms with Crippen LogP contribution in [0, 0.1) is 36.5 Å². The third-order valence-electron chi connectivity index (χ3n) is 8.62. The van der Waals surface area contributed by atoms with E-state index in [4.69, 9.17) is 14.0 Å². The molecule has 0 unspecified atom stereocenters. The maximum atomic E-state index is 11.3. The van der Waals surface area contributed by atoms with Crippen LogP contribution < -0.4 is 4.74 Å². The van der Waals surface area contributed by atoms with Crippen molar-refractivity contribution in [2.45, 2.75) is 65.6 Å². The summed E-state index contributed by atoms with van der Waals surface area (Å²) in [5.74, 6) is 2.67. The van der Waals surface area contributed by atoms with Crippen molar-refractivity contribution in [1.29, 1.82) is 0 Å². The van der Waals surface area contributed by atoms with E-state index in [1.165, 1.54) is 5.56 Å². The number of benzene rings is 1. The third-order valence-corrected chi connectivity index (χ3v) is 8.62. The number of aliphatic hydroxyl groups excluding tert-OH is 1. The summed E-state index contributed by atoms with van der Waals surface area (Å²) in [6.07, 6.45) is 3.74. The minimum atomic E-state index is -0.250. The van der Waals surface area contributed by atoms with E-state index in [9.17, 15) is 5.11 Å². The summed E-state index contributed by atoms with van der Waals surface area (Å²) in [7, 11) is 1.71. The molecule has 3 fully saturated rings. The molecule has 5 nitrogen and oxygen atoms in total. The fraction of sp³-hybridized carbons (Fsp3) is 0.640. The highest BCUT2D eigenvalue weighted by molar-refractivity contribution is 5.43. The van der Waals surface area contributed by atoms with Crippen LogP contribution >= 0.6 is 0 Å². The van der Waals surface area contributed by atoms with Crippen LogP contribution in [-0.2, 0) is 11.2 Å². The zero-order chi connectivity index (χ0) is 21.3. The van der Waals surface area contributed by atoms with Gasteiger partial charge >= 0.3 is 0 Å². The van der Waals surface area contributed by atoms with Crippen LogP contribution in [0.1, 0.15) is 67.4 Å². The maximum absolute atomic E-state index is 11.3. The molecule has 2 aliphatic carbocycles. The van der Waals surface area contributed by atoms with Gasteiger partial charge in [-0.2, -0.15) is 0 Å². The van der Waals surface area contributed by atoms with Gasteiger partial charge in [0.15, 0.2) is 0 Å². The van der Waals surface area contributed by atoms with E-state index < -0.39 is 0 Å². The molecule has 3 aliphatic rings. The number of nitrogens with zero attached hydrogens (tertiary/aromatic N) is 1. The van der Waals surface area contributed by atoms with Crippen molar-refractivity contribution in [1.82, 2.24) is 5.16 Å². The molecule has 0 amide bonds. The van der Waals surface area contributed by atoms with Crippen molar-refractivity contribution < 1.29 is 19.1 Å². The van der Waals surface area contributed by atoms with Gasteiger partial charge in [0, 0.05) is 24.0 Å². The highest BCUT2D eigenvalue weighted by atomic mass is 16.5. The van der Waals surface area contributed by atoms with E-state index in [2.05, 4.69) is 37.2 Å². The van der Waals surface area contributed by atoms with E-state index in [1.54, 1.807) is 7.11 Å². The van der Waals surface area contributed by atoms with E-state index in [-0.39, 0.29) is 23.0 Å². The number of hydrogen-bond acceptors (Lipinski definition) is 5. The van der Waals surface area contributed by atoms with Gasteiger partial charge in [0.05, 0.1) is 25.0 Å². The van der Waals surface area contributed by atoms with Crippen molar-refractivity contribution in [3.8, 4) is 5.75 Å². The van der Waals surface area contributed by atoms with Gasteiger partial charge in [0.1, 0.15) is 11.5 Å². The summed E-state index contributed by atoms with van der Waals surface area (Å²) in [5.41, 5.74) is 4.36. The van der Waals surface area contributed by atoms with Crippen LogP contribution in [0.2, 0.25) is 0 Å². The summed E-state index contributed by atoms with van der Waals surface area (Å²) >= 11 is 0. The zero-order valence-corrected chi connectivity index (χ0v) is 18.7. The Labute approximate surface area is 178 Å². The SMILES string of the molecule is COc1ccc([C@H]2OCC[C@@]34C[C@@H](C[C@H]23)C(C)(C)[C@H]4O)cc1Cc1c(C)noc1C. The lowest BCUT2D eigenvalue weighted by molar-refractivity contribution is -0.164. The van der Waals surface area contributed by atoms with Crippen molar-refractivity contribution in [2.75, 3.05) is 13.7 Å². The van der Waals surface area contributed by atoms with Gasteiger partial charge in [-0.3, -0.25) is 0 Å². The Balaban J connectivity index is 1.49. The molecule has 30 heavy (non-hydrogen) atoms. The Kier molecular flexibility index (Phi) is 4.57. The summed E-state index contributed by atoms with van der Waals surface area (Å²) in [4.78, 5) is 0. The molecule has 2 heterocycles. The molecule has 2 bridgehead atoms.